The predicted molar refractivity (Wildman–Crippen MR) is 59.4 cm³/mol. The lowest BCUT2D eigenvalue weighted by Gasteiger charge is -2.34. The molecule has 0 aromatic carbocycles. The minimum atomic E-state index is 0.410. The number of rotatable bonds is 4. The molecule has 2 atom stereocenters. The van der Waals surface area contributed by atoms with Crippen LogP contribution in [0.15, 0.2) is 0 Å². The summed E-state index contributed by atoms with van der Waals surface area (Å²) in [7, 11) is 1.76. The van der Waals surface area contributed by atoms with Gasteiger partial charge < -0.3 is 10.5 Å². The number of ether oxygens (including phenoxy) is 1. The Kier molecular flexibility index (Phi) is 5.45. The van der Waals surface area contributed by atoms with Crippen LogP contribution in [0.3, 0.4) is 0 Å². The molecule has 0 aromatic heterocycles. The SMILES string of the molecule is COCC(CN)N1CCCCCC1C. The molecule has 0 saturated carbocycles. The minimum Gasteiger partial charge on any atom is -0.383 e. The topological polar surface area (TPSA) is 38.5 Å². The van der Waals surface area contributed by atoms with Gasteiger partial charge in [0, 0.05) is 25.7 Å². The fraction of sp³-hybridized carbons (Fsp3) is 1.00. The van der Waals surface area contributed by atoms with Crippen LogP contribution in [0.25, 0.3) is 0 Å². The highest BCUT2D eigenvalue weighted by Gasteiger charge is 2.23. The van der Waals surface area contributed by atoms with E-state index in [9.17, 15) is 0 Å². The lowest BCUT2D eigenvalue weighted by molar-refractivity contribution is 0.0712. The molecule has 2 N–H and O–H groups in total. The van der Waals surface area contributed by atoms with Crippen molar-refractivity contribution in [3.63, 3.8) is 0 Å². The summed E-state index contributed by atoms with van der Waals surface area (Å²) in [5, 5.41) is 0. The second-order valence-electron chi connectivity index (χ2n) is 4.28. The molecule has 1 saturated heterocycles. The molecule has 1 aliphatic rings. The van der Waals surface area contributed by atoms with Gasteiger partial charge in [-0.15, -0.1) is 0 Å². The molecule has 1 fully saturated rings. The molecule has 0 aromatic rings. The maximum absolute atomic E-state index is 5.78. The van der Waals surface area contributed by atoms with E-state index in [0.717, 1.165) is 6.61 Å². The number of methoxy groups -OCH3 is 1. The van der Waals surface area contributed by atoms with E-state index in [0.29, 0.717) is 18.6 Å². The van der Waals surface area contributed by atoms with E-state index in [-0.39, 0.29) is 0 Å². The molecule has 84 valence electrons. The molecule has 0 amide bonds. The highest BCUT2D eigenvalue weighted by molar-refractivity contribution is 4.79. The van der Waals surface area contributed by atoms with Crippen molar-refractivity contribution in [1.82, 2.24) is 4.90 Å². The van der Waals surface area contributed by atoms with E-state index in [1.54, 1.807) is 7.11 Å². The van der Waals surface area contributed by atoms with Crippen LogP contribution in [0.1, 0.15) is 32.6 Å². The van der Waals surface area contributed by atoms with Gasteiger partial charge in [0.2, 0.25) is 0 Å². The Morgan fingerprint density at radius 1 is 1.43 bits per heavy atom. The Morgan fingerprint density at radius 3 is 2.86 bits per heavy atom. The summed E-state index contributed by atoms with van der Waals surface area (Å²) >= 11 is 0. The van der Waals surface area contributed by atoms with Gasteiger partial charge in [0.25, 0.3) is 0 Å². The monoisotopic (exact) mass is 200 g/mol. The zero-order valence-corrected chi connectivity index (χ0v) is 9.54. The number of likely N-dealkylation sites (tertiary alicyclic amines) is 1. The van der Waals surface area contributed by atoms with Gasteiger partial charge >= 0.3 is 0 Å². The van der Waals surface area contributed by atoms with E-state index < -0.39 is 0 Å². The van der Waals surface area contributed by atoms with Crippen molar-refractivity contribution >= 4 is 0 Å². The number of nitrogens with two attached hydrogens (primary N) is 1. The van der Waals surface area contributed by atoms with Gasteiger partial charge in [0.1, 0.15) is 0 Å². The molecule has 0 radical (unpaired) electrons. The Hall–Kier alpha value is -0.120. The van der Waals surface area contributed by atoms with Crippen molar-refractivity contribution in [2.75, 3.05) is 26.8 Å². The van der Waals surface area contributed by atoms with E-state index in [1.165, 1.54) is 32.2 Å². The van der Waals surface area contributed by atoms with Crippen LogP contribution in [-0.2, 0) is 4.74 Å². The molecule has 1 rings (SSSR count). The van der Waals surface area contributed by atoms with E-state index in [2.05, 4.69) is 11.8 Å². The highest BCUT2D eigenvalue weighted by Crippen LogP contribution is 2.18. The smallest absolute Gasteiger partial charge is 0.0630 e. The van der Waals surface area contributed by atoms with E-state index in [1.807, 2.05) is 0 Å². The summed E-state index contributed by atoms with van der Waals surface area (Å²) in [6.45, 7) is 4.97. The first kappa shape index (κ1) is 12.0. The van der Waals surface area contributed by atoms with Gasteiger partial charge in [-0.25, -0.2) is 0 Å². The molecule has 1 heterocycles. The summed E-state index contributed by atoms with van der Waals surface area (Å²) in [6.07, 6.45) is 5.35. The van der Waals surface area contributed by atoms with Gasteiger partial charge in [-0.2, -0.15) is 0 Å². The van der Waals surface area contributed by atoms with Crippen LogP contribution in [0.2, 0.25) is 0 Å². The first-order chi connectivity index (χ1) is 6.79. The van der Waals surface area contributed by atoms with Crippen LogP contribution >= 0.6 is 0 Å². The summed E-state index contributed by atoms with van der Waals surface area (Å²) < 4.78 is 5.22. The van der Waals surface area contributed by atoms with Crippen LogP contribution in [0, 0.1) is 0 Å². The van der Waals surface area contributed by atoms with Crippen LogP contribution in [0.4, 0.5) is 0 Å². The van der Waals surface area contributed by atoms with Gasteiger partial charge in [-0.3, -0.25) is 4.90 Å². The molecule has 2 unspecified atom stereocenters. The van der Waals surface area contributed by atoms with Crippen molar-refractivity contribution in [3.8, 4) is 0 Å². The van der Waals surface area contributed by atoms with Gasteiger partial charge in [-0.05, 0) is 26.3 Å². The average Bonchev–Trinajstić information content (AvgIpc) is 2.40. The third-order valence-corrected chi connectivity index (χ3v) is 3.20. The fourth-order valence-corrected chi connectivity index (χ4v) is 2.33. The lowest BCUT2D eigenvalue weighted by Crippen LogP contribution is -2.47. The van der Waals surface area contributed by atoms with Gasteiger partial charge in [-0.1, -0.05) is 12.8 Å². The number of hydrogen-bond donors (Lipinski definition) is 1. The molecule has 1 aliphatic heterocycles. The Bertz CT molecular complexity index is 152. The maximum atomic E-state index is 5.78. The van der Waals surface area contributed by atoms with Crippen molar-refractivity contribution < 1.29 is 4.74 Å². The molecule has 0 bridgehead atoms. The molecular formula is C11H24N2O. The summed E-state index contributed by atoms with van der Waals surface area (Å²) in [4.78, 5) is 2.52. The number of hydrogen-bond acceptors (Lipinski definition) is 3. The standard InChI is InChI=1S/C11H24N2O/c1-10-6-4-3-5-7-13(10)11(8-12)9-14-2/h10-11H,3-9,12H2,1-2H3. The quantitative estimate of drug-likeness (QED) is 0.741. The summed E-state index contributed by atoms with van der Waals surface area (Å²) in [6, 6.07) is 1.08. The molecule has 14 heavy (non-hydrogen) atoms. The van der Waals surface area contributed by atoms with Crippen LogP contribution in [0.5, 0.6) is 0 Å². The zero-order valence-electron chi connectivity index (χ0n) is 9.54. The zero-order chi connectivity index (χ0) is 10.4. The maximum Gasteiger partial charge on any atom is 0.0630 e. The number of nitrogens with zero attached hydrogens (tertiary/aromatic N) is 1. The molecular weight excluding hydrogens is 176 g/mol. The Morgan fingerprint density at radius 2 is 2.21 bits per heavy atom. The molecule has 0 spiro atoms. The van der Waals surface area contributed by atoms with Gasteiger partial charge in [0.05, 0.1) is 6.61 Å². The van der Waals surface area contributed by atoms with Gasteiger partial charge in [0.15, 0.2) is 0 Å². The third-order valence-electron chi connectivity index (χ3n) is 3.20. The first-order valence-corrected chi connectivity index (χ1v) is 5.74. The molecule has 3 nitrogen and oxygen atoms in total. The largest absolute Gasteiger partial charge is 0.383 e. The normalized spacial score (nSPS) is 27.2. The molecule has 0 aliphatic carbocycles. The fourth-order valence-electron chi connectivity index (χ4n) is 2.33. The van der Waals surface area contributed by atoms with Crippen molar-refractivity contribution in [2.24, 2.45) is 5.73 Å². The van der Waals surface area contributed by atoms with Crippen molar-refractivity contribution in [3.05, 3.63) is 0 Å². The van der Waals surface area contributed by atoms with Crippen LogP contribution in [-0.4, -0.2) is 43.8 Å². The second-order valence-corrected chi connectivity index (χ2v) is 4.28. The first-order valence-electron chi connectivity index (χ1n) is 5.74. The molecule has 3 heteroatoms. The Balaban J connectivity index is 2.51. The Labute approximate surface area is 87.6 Å². The average molecular weight is 200 g/mol. The second kappa shape index (κ2) is 6.38. The van der Waals surface area contributed by atoms with Crippen LogP contribution < -0.4 is 5.73 Å². The van der Waals surface area contributed by atoms with E-state index in [4.69, 9.17) is 10.5 Å². The van der Waals surface area contributed by atoms with Crippen molar-refractivity contribution in [2.45, 2.75) is 44.7 Å². The highest BCUT2D eigenvalue weighted by atomic mass is 16.5. The lowest BCUT2D eigenvalue weighted by atomic mass is 10.1. The summed E-state index contributed by atoms with van der Waals surface area (Å²) in [5.74, 6) is 0. The predicted octanol–water partition coefficient (Wildman–Crippen LogP) is 1.22. The minimum absolute atomic E-state index is 0.410. The third kappa shape index (κ3) is 3.23. The van der Waals surface area contributed by atoms with E-state index >= 15 is 0 Å². The van der Waals surface area contributed by atoms with Crippen molar-refractivity contribution in [1.29, 1.82) is 0 Å². The summed E-state index contributed by atoms with van der Waals surface area (Å²) in [5.41, 5.74) is 5.78.